The quantitative estimate of drug-likeness (QED) is 0.678. The smallest absolute Gasteiger partial charge is 0.225 e. The molecule has 0 radical (unpaired) electrons. The third-order valence-electron chi connectivity index (χ3n) is 3.66. The Hall–Kier alpha value is -1.74. The van der Waals surface area contributed by atoms with Crippen LogP contribution in [0.15, 0.2) is 53.4 Å². The molecule has 136 valence electrons. The summed E-state index contributed by atoms with van der Waals surface area (Å²) in [7, 11) is -7.07. The fourth-order valence-corrected chi connectivity index (χ4v) is 4.13. The van der Waals surface area contributed by atoms with Gasteiger partial charge < -0.3 is 0 Å². The maximum absolute atomic E-state index is 12.1. The summed E-state index contributed by atoms with van der Waals surface area (Å²) in [6.45, 7) is 2.25. The van der Waals surface area contributed by atoms with Crippen molar-refractivity contribution in [3.63, 3.8) is 0 Å². The molecule has 0 fully saturated rings. The molecule has 0 unspecified atom stereocenters. The van der Waals surface area contributed by atoms with Crippen LogP contribution in [-0.2, 0) is 32.2 Å². The zero-order valence-electron chi connectivity index (χ0n) is 14.0. The fraction of sp³-hybridized carbons (Fsp3) is 0.294. The highest BCUT2D eigenvalue weighted by atomic mass is 32.2. The van der Waals surface area contributed by atoms with Crippen LogP contribution >= 0.6 is 0 Å². The Morgan fingerprint density at radius 2 is 1.64 bits per heavy atom. The van der Waals surface area contributed by atoms with E-state index in [9.17, 15) is 16.8 Å². The van der Waals surface area contributed by atoms with Crippen molar-refractivity contribution in [2.75, 3.05) is 6.54 Å². The number of aryl methyl sites for hydroxylation is 2. The van der Waals surface area contributed by atoms with E-state index < -0.39 is 20.0 Å². The summed E-state index contributed by atoms with van der Waals surface area (Å²) in [6, 6.07) is 13.7. The number of sulfonamides is 2. The molecule has 0 aliphatic rings. The van der Waals surface area contributed by atoms with E-state index in [-0.39, 0.29) is 10.6 Å². The first-order chi connectivity index (χ1) is 11.7. The van der Waals surface area contributed by atoms with Crippen LogP contribution in [0.5, 0.6) is 0 Å². The Morgan fingerprint density at radius 1 is 0.960 bits per heavy atom. The molecule has 3 N–H and O–H groups in total. The van der Waals surface area contributed by atoms with E-state index in [1.807, 2.05) is 25.1 Å². The molecule has 25 heavy (non-hydrogen) atoms. The lowest BCUT2D eigenvalue weighted by atomic mass is 10.1. The molecule has 2 aromatic rings. The lowest BCUT2D eigenvalue weighted by molar-refractivity contribution is 0.578. The van der Waals surface area contributed by atoms with Crippen LogP contribution in [-0.4, -0.2) is 23.4 Å². The number of benzene rings is 2. The Kier molecular flexibility index (Phi) is 6.34. The van der Waals surface area contributed by atoms with Crippen molar-refractivity contribution in [1.82, 2.24) is 4.72 Å². The highest BCUT2D eigenvalue weighted by molar-refractivity contribution is 7.89. The Bertz CT molecular complexity index is 921. The van der Waals surface area contributed by atoms with Gasteiger partial charge in [0.05, 0.1) is 10.6 Å². The van der Waals surface area contributed by atoms with Crippen LogP contribution in [0, 0.1) is 6.92 Å². The van der Waals surface area contributed by atoms with Crippen LogP contribution in [0.3, 0.4) is 0 Å². The molecule has 0 spiro atoms. The molecule has 6 nitrogen and oxygen atoms in total. The molecule has 0 aliphatic heterocycles. The highest BCUT2D eigenvalue weighted by Crippen LogP contribution is 2.11. The van der Waals surface area contributed by atoms with Crippen molar-refractivity contribution >= 4 is 20.0 Å². The second kappa shape index (κ2) is 8.09. The minimum Gasteiger partial charge on any atom is -0.225 e. The molecule has 2 rings (SSSR count). The number of primary sulfonamides is 1. The van der Waals surface area contributed by atoms with Crippen LogP contribution in [0.2, 0.25) is 0 Å². The number of nitrogens with one attached hydrogen (secondary N) is 1. The standard InChI is InChI=1S/C17H22N2O4S2/c1-14-4-2-5-16(12-14)13-24(20,21)19-11-3-6-15-7-9-17(10-8-15)25(18,22)23/h2,4-5,7-10,12,19H,3,6,11,13H2,1H3,(H2,18,22,23). The first-order valence-electron chi connectivity index (χ1n) is 7.80. The van der Waals surface area contributed by atoms with Crippen molar-refractivity contribution < 1.29 is 16.8 Å². The molecular formula is C17H22N2O4S2. The minimum absolute atomic E-state index is 0.0439. The molecule has 0 aliphatic carbocycles. The van der Waals surface area contributed by atoms with Gasteiger partial charge in [0, 0.05) is 6.54 Å². The number of rotatable bonds is 8. The Morgan fingerprint density at radius 3 is 2.24 bits per heavy atom. The molecule has 0 aromatic heterocycles. The first kappa shape index (κ1) is 19.6. The van der Waals surface area contributed by atoms with Gasteiger partial charge in [-0.25, -0.2) is 26.7 Å². The number of nitrogens with two attached hydrogens (primary N) is 1. The number of hydrogen-bond acceptors (Lipinski definition) is 4. The van der Waals surface area contributed by atoms with Crippen LogP contribution < -0.4 is 9.86 Å². The van der Waals surface area contributed by atoms with E-state index in [0.29, 0.717) is 19.4 Å². The summed E-state index contributed by atoms with van der Waals surface area (Å²) in [5.41, 5.74) is 2.70. The van der Waals surface area contributed by atoms with Crippen molar-refractivity contribution in [2.45, 2.75) is 30.4 Å². The average molecular weight is 383 g/mol. The maximum Gasteiger partial charge on any atom is 0.238 e. The van der Waals surface area contributed by atoms with Gasteiger partial charge in [-0.05, 0) is 43.0 Å². The van der Waals surface area contributed by atoms with Gasteiger partial charge in [0.15, 0.2) is 0 Å². The fourth-order valence-electron chi connectivity index (χ4n) is 2.44. The van der Waals surface area contributed by atoms with E-state index in [1.165, 1.54) is 12.1 Å². The van der Waals surface area contributed by atoms with E-state index in [2.05, 4.69) is 4.72 Å². The van der Waals surface area contributed by atoms with E-state index in [4.69, 9.17) is 5.14 Å². The van der Waals surface area contributed by atoms with Crippen LogP contribution in [0.1, 0.15) is 23.1 Å². The maximum atomic E-state index is 12.1. The third kappa shape index (κ3) is 6.58. The molecule has 0 amide bonds. The summed E-state index contributed by atoms with van der Waals surface area (Å²) in [5, 5.41) is 5.04. The summed E-state index contributed by atoms with van der Waals surface area (Å²) in [6.07, 6.45) is 1.25. The SMILES string of the molecule is Cc1cccc(CS(=O)(=O)NCCCc2ccc(S(N)(=O)=O)cc2)c1. The average Bonchev–Trinajstić information content (AvgIpc) is 2.51. The molecule has 2 aromatic carbocycles. The van der Waals surface area contributed by atoms with Gasteiger partial charge in [0.1, 0.15) is 0 Å². The van der Waals surface area contributed by atoms with Gasteiger partial charge in [-0.15, -0.1) is 0 Å². The van der Waals surface area contributed by atoms with Gasteiger partial charge in [0.2, 0.25) is 20.0 Å². The van der Waals surface area contributed by atoms with Crippen molar-refractivity contribution in [2.24, 2.45) is 5.14 Å². The number of hydrogen-bond donors (Lipinski definition) is 2. The van der Waals surface area contributed by atoms with Crippen LogP contribution in [0.4, 0.5) is 0 Å². The van der Waals surface area contributed by atoms with Gasteiger partial charge in [0.25, 0.3) is 0 Å². The van der Waals surface area contributed by atoms with Gasteiger partial charge in [-0.2, -0.15) is 0 Å². The molecule has 0 heterocycles. The minimum atomic E-state index is -3.69. The second-order valence-electron chi connectivity index (χ2n) is 5.93. The largest absolute Gasteiger partial charge is 0.238 e. The second-order valence-corrected chi connectivity index (χ2v) is 9.30. The predicted octanol–water partition coefficient (Wildman–Crippen LogP) is 1.69. The zero-order chi connectivity index (χ0) is 18.5. The normalized spacial score (nSPS) is 12.2. The molecule has 0 bridgehead atoms. The molecular weight excluding hydrogens is 360 g/mol. The first-order valence-corrected chi connectivity index (χ1v) is 11.0. The van der Waals surface area contributed by atoms with Gasteiger partial charge >= 0.3 is 0 Å². The Labute approximate surface area is 149 Å². The van der Waals surface area contributed by atoms with Gasteiger partial charge in [-0.1, -0.05) is 42.0 Å². The van der Waals surface area contributed by atoms with E-state index in [1.54, 1.807) is 18.2 Å². The molecule has 0 saturated heterocycles. The summed E-state index contributed by atoms with van der Waals surface area (Å²) >= 11 is 0. The van der Waals surface area contributed by atoms with Crippen molar-refractivity contribution in [3.05, 3.63) is 65.2 Å². The molecule has 0 saturated carbocycles. The monoisotopic (exact) mass is 382 g/mol. The highest BCUT2D eigenvalue weighted by Gasteiger charge is 2.11. The topological polar surface area (TPSA) is 106 Å². The van der Waals surface area contributed by atoms with E-state index >= 15 is 0 Å². The predicted molar refractivity (Wildman–Crippen MR) is 97.9 cm³/mol. The lowest BCUT2D eigenvalue weighted by Gasteiger charge is -2.08. The molecule has 8 heteroatoms. The van der Waals surface area contributed by atoms with Crippen LogP contribution in [0.25, 0.3) is 0 Å². The molecule has 0 atom stereocenters. The third-order valence-corrected chi connectivity index (χ3v) is 5.94. The zero-order valence-corrected chi connectivity index (χ0v) is 15.6. The summed E-state index contributed by atoms with van der Waals surface area (Å²) < 4.78 is 49.1. The lowest BCUT2D eigenvalue weighted by Crippen LogP contribution is -2.26. The van der Waals surface area contributed by atoms with Gasteiger partial charge in [-0.3, -0.25) is 0 Å². The summed E-state index contributed by atoms with van der Waals surface area (Å²) in [4.78, 5) is 0.0649. The Balaban J connectivity index is 1.82. The summed E-state index contributed by atoms with van der Waals surface area (Å²) in [5.74, 6) is -0.0439. The van der Waals surface area contributed by atoms with Crippen molar-refractivity contribution in [3.8, 4) is 0 Å². The van der Waals surface area contributed by atoms with Crippen molar-refractivity contribution in [1.29, 1.82) is 0 Å². The van der Waals surface area contributed by atoms with E-state index in [0.717, 1.165) is 16.7 Å².